The fraction of sp³-hybridized carbons (Fsp3) is 0.226. The molecule has 0 bridgehead atoms. The number of nitrogens with zero attached hydrogens (tertiary/aromatic N) is 3. The molecule has 3 N–H and O–H groups in total. The summed E-state index contributed by atoms with van der Waals surface area (Å²) >= 11 is 0. The van der Waals surface area contributed by atoms with Crippen molar-refractivity contribution >= 4 is 28.3 Å². The molecule has 1 atom stereocenters. The Morgan fingerprint density at radius 3 is 2.56 bits per heavy atom. The fourth-order valence-corrected chi connectivity index (χ4v) is 4.16. The molecular weight excluding hydrogens is 523 g/mol. The highest BCUT2D eigenvalue weighted by Gasteiger charge is 2.13. The number of halogens is 1. The molecular formula is C31H31FN6O3. The SMILES string of the molecule is CC[C@@H](C)NC(=O)COc1cccc(-c2nc(Nc3ccc(-c4cn[nH]c4)cc3)c3cc(OCCF)ccc3n2)c1. The van der Waals surface area contributed by atoms with Crippen LogP contribution in [0.3, 0.4) is 0 Å². The molecule has 0 aliphatic carbocycles. The molecule has 0 spiro atoms. The van der Waals surface area contributed by atoms with Gasteiger partial charge < -0.3 is 20.1 Å². The maximum absolute atomic E-state index is 12.7. The minimum Gasteiger partial charge on any atom is -0.491 e. The van der Waals surface area contributed by atoms with Gasteiger partial charge in [-0.2, -0.15) is 5.10 Å². The number of hydrogen-bond donors (Lipinski definition) is 3. The maximum Gasteiger partial charge on any atom is 0.258 e. The van der Waals surface area contributed by atoms with Gasteiger partial charge in [0.25, 0.3) is 5.91 Å². The Morgan fingerprint density at radius 1 is 0.976 bits per heavy atom. The number of alkyl halides is 1. The van der Waals surface area contributed by atoms with Crippen LogP contribution in [0.2, 0.25) is 0 Å². The summed E-state index contributed by atoms with van der Waals surface area (Å²) in [7, 11) is 0. The van der Waals surface area contributed by atoms with E-state index in [0.717, 1.165) is 34.2 Å². The largest absolute Gasteiger partial charge is 0.491 e. The summed E-state index contributed by atoms with van der Waals surface area (Å²) in [6.45, 7) is 3.25. The standard InChI is InChI=1S/C31H31FN6O3/c1-3-20(2)35-29(39)19-41-25-6-4-5-22(15-25)30-37-28-12-11-26(40-14-13-32)16-27(28)31(38-30)36-24-9-7-21(8-10-24)23-17-33-34-18-23/h4-12,15-18,20H,3,13-14,19H2,1-2H3,(H,33,34)(H,35,39)(H,36,37,38)/t20-/m1/s1. The summed E-state index contributed by atoms with van der Waals surface area (Å²) in [6, 6.07) is 20.7. The van der Waals surface area contributed by atoms with Gasteiger partial charge in [0.05, 0.1) is 11.7 Å². The van der Waals surface area contributed by atoms with Crippen molar-refractivity contribution in [2.75, 3.05) is 25.2 Å². The zero-order chi connectivity index (χ0) is 28.6. The van der Waals surface area contributed by atoms with Gasteiger partial charge in [0.1, 0.15) is 30.6 Å². The second kappa shape index (κ2) is 12.9. The number of carbonyl (C=O) groups excluding carboxylic acids is 1. The number of anilines is 2. The first kappa shape index (κ1) is 27.6. The van der Waals surface area contributed by atoms with E-state index in [-0.39, 0.29) is 25.2 Å². The lowest BCUT2D eigenvalue weighted by molar-refractivity contribution is -0.123. The summed E-state index contributed by atoms with van der Waals surface area (Å²) in [4.78, 5) is 21.8. The van der Waals surface area contributed by atoms with Crippen molar-refractivity contribution < 1.29 is 18.7 Å². The van der Waals surface area contributed by atoms with Crippen LogP contribution in [0, 0.1) is 0 Å². The molecule has 0 saturated carbocycles. The molecule has 0 aliphatic rings. The monoisotopic (exact) mass is 554 g/mol. The molecule has 10 heteroatoms. The normalized spacial score (nSPS) is 11.7. The van der Waals surface area contributed by atoms with Gasteiger partial charge in [-0.1, -0.05) is 31.2 Å². The van der Waals surface area contributed by atoms with Gasteiger partial charge in [-0.25, -0.2) is 14.4 Å². The summed E-state index contributed by atoms with van der Waals surface area (Å²) in [5.74, 6) is 1.91. The average Bonchev–Trinajstić information content (AvgIpc) is 3.55. The van der Waals surface area contributed by atoms with Crippen LogP contribution < -0.4 is 20.1 Å². The minimum absolute atomic E-state index is 0.0369. The third-order valence-electron chi connectivity index (χ3n) is 6.47. The molecule has 210 valence electrons. The Balaban J connectivity index is 1.45. The maximum atomic E-state index is 12.7. The molecule has 0 unspecified atom stereocenters. The van der Waals surface area contributed by atoms with E-state index in [2.05, 4.69) is 20.8 Å². The van der Waals surface area contributed by atoms with Crippen molar-refractivity contribution in [2.24, 2.45) is 0 Å². The zero-order valence-corrected chi connectivity index (χ0v) is 22.9. The molecule has 3 aromatic carbocycles. The number of nitrogens with one attached hydrogen (secondary N) is 3. The molecule has 0 aliphatic heterocycles. The summed E-state index contributed by atoms with van der Waals surface area (Å²) < 4.78 is 24.0. The van der Waals surface area contributed by atoms with Gasteiger partial charge >= 0.3 is 0 Å². The van der Waals surface area contributed by atoms with Crippen LogP contribution in [-0.2, 0) is 4.79 Å². The quantitative estimate of drug-likeness (QED) is 0.171. The third kappa shape index (κ3) is 6.96. The molecule has 0 fully saturated rings. The lowest BCUT2D eigenvalue weighted by Gasteiger charge is -2.14. The molecule has 2 heterocycles. The second-order valence-electron chi connectivity index (χ2n) is 9.49. The van der Waals surface area contributed by atoms with Crippen molar-refractivity contribution in [2.45, 2.75) is 26.3 Å². The van der Waals surface area contributed by atoms with E-state index in [9.17, 15) is 9.18 Å². The van der Waals surface area contributed by atoms with E-state index in [1.54, 1.807) is 30.5 Å². The van der Waals surface area contributed by atoms with Crippen molar-refractivity contribution in [1.82, 2.24) is 25.5 Å². The van der Waals surface area contributed by atoms with Gasteiger partial charge in [-0.3, -0.25) is 9.89 Å². The molecule has 5 aromatic rings. The average molecular weight is 555 g/mol. The number of benzene rings is 3. The Hall–Kier alpha value is -4.99. The van der Waals surface area contributed by atoms with E-state index in [1.807, 2.05) is 62.5 Å². The first-order valence-corrected chi connectivity index (χ1v) is 13.4. The van der Waals surface area contributed by atoms with Crippen LogP contribution in [0.15, 0.2) is 79.1 Å². The second-order valence-corrected chi connectivity index (χ2v) is 9.49. The third-order valence-corrected chi connectivity index (χ3v) is 6.47. The van der Waals surface area contributed by atoms with Crippen LogP contribution in [0.5, 0.6) is 11.5 Å². The van der Waals surface area contributed by atoms with Gasteiger partial charge in [0, 0.05) is 34.4 Å². The number of ether oxygens (including phenoxy) is 2. The topological polar surface area (TPSA) is 114 Å². The first-order valence-electron chi connectivity index (χ1n) is 13.4. The Morgan fingerprint density at radius 2 is 1.80 bits per heavy atom. The number of aromatic amines is 1. The van der Waals surface area contributed by atoms with E-state index in [0.29, 0.717) is 28.7 Å². The highest BCUT2D eigenvalue weighted by atomic mass is 19.1. The smallest absolute Gasteiger partial charge is 0.258 e. The van der Waals surface area contributed by atoms with E-state index in [4.69, 9.17) is 19.4 Å². The van der Waals surface area contributed by atoms with Crippen molar-refractivity contribution in [3.8, 4) is 34.0 Å². The van der Waals surface area contributed by atoms with E-state index < -0.39 is 6.67 Å². The van der Waals surface area contributed by atoms with Gasteiger partial charge in [0.15, 0.2) is 12.4 Å². The molecule has 1 amide bonds. The first-order chi connectivity index (χ1) is 20.0. The Labute approximate surface area is 237 Å². The van der Waals surface area contributed by atoms with E-state index in [1.165, 1.54) is 0 Å². The van der Waals surface area contributed by atoms with Gasteiger partial charge in [0.2, 0.25) is 0 Å². The number of H-pyrrole nitrogens is 1. The van der Waals surface area contributed by atoms with Crippen molar-refractivity contribution in [3.63, 3.8) is 0 Å². The van der Waals surface area contributed by atoms with Crippen LogP contribution in [0.4, 0.5) is 15.9 Å². The fourth-order valence-electron chi connectivity index (χ4n) is 4.16. The molecule has 0 radical (unpaired) electrons. The molecule has 2 aromatic heterocycles. The number of carbonyl (C=O) groups is 1. The lowest BCUT2D eigenvalue weighted by Crippen LogP contribution is -2.35. The summed E-state index contributed by atoms with van der Waals surface area (Å²) in [5, 5.41) is 13.9. The van der Waals surface area contributed by atoms with Crippen LogP contribution >= 0.6 is 0 Å². The van der Waals surface area contributed by atoms with Crippen LogP contribution in [0.25, 0.3) is 33.4 Å². The minimum atomic E-state index is -0.584. The Kier molecular flexibility index (Phi) is 8.68. The molecule has 5 rings (SSSR count). The van der Waals surface area contributed by atoms with Crippen LogP contribution in [0.1, 0.15) is 20.3 Å². The van der Waals surface area contributed by atoms with Crippen molar-refractivity contribution in [3.05, 3.63) is 79.1 Å². The predicted molar refractivity (Wildman–Crippen MR) is 157 cm³/mol. The van der Waals surface area contributed by atoms with Gasteiger partial charge in [-0.05, 0) is 61.4 Å². The number of fused-ring (bicyclic) bond motifs is 1. The molecule has 41 heavy (non-hydrogen) atoms. The Bertz CT molecular complexity index is 1610. The van der Waals surface area contributed by atoms with E-state index >= 15 is 0 Å². The number of aromatic nitrogens is 4. The van der Waals surface area contributed by atoms with Crippen molar-refractivity contribution in [1.29, 1.82) is 0 Å². The predicted octanol–water partition coefficient (Wildman–Crippen LogP) is 6.07. The summed E-state index contributed by atoms with van der Waals surface area (Å²) in [5.41, 5.74) is 4.24. The number of hydrogen-bond acceptors (Lipinski definition) is 7. The molecule has 0 saturated heterocycles. The number of rotatable bonds is 12. The van der Waals surface area contributed by atoms with Crippen LogP contribution in [-0.4, -0.2) is 52.0 Å². The lowest BCUT2D eigenvalue weighted by atomic mass is 10.1. The zero-order valence-electron chi connectivity index (χ0n) is 22.9. The summed E-state index contributed by atoms with van der Waals surface area (Å²) in [6.07, 6.45) is 4.44. The van der Waals surface area contributed by atoms with Gasteiger partial charge in [-0.15, -0.1) is 0 Å². The number of amides is 1. The molecule has 9 nitrogen and oxygen atoms in total. The highest BCUT2D eigenvalue weighted by molar-refractivity contribution is 5.93. The highest BCUT2D eigenvalue weighted by Crippen LogP contribution is 2.32.